The van der Waals surface area contributed by atoms with Gasteiger partial charge in [0.05, 0.1) is 29.1 Å². The Balaban J connectivity index is 0.000000405. The number of H-pyrrole nitrogens is 2. The van der Waals surface area contributed by atoms with E-state index in [0.717, 1.165) is 22.8 Å². The predicted octanol–water partition coefficient (Wildman–Crippen LogP) is 4.46. The number of fused-ring (bicyclic) bond motifs is 2. The monoisotopic (exact) mass is 519 g/mol. The van der Waals surface area contributed by atoms with Gasteiger partial charge in [-0.15, -0.1) is 0 Å². The summed E-state index contributed by atoms with van der Waals surface area (Å²) in [6.07, 6.45) is -2.26. The third-order valence-electron chi connectivity index (χ3n) is 4.97. The van der Waals surface area contributed by atoms with Crippen LogP contribution in [0, 0.1) is 5.82 Å². The number of aromatic nitrogens is 5. The summed E-state index contributed by atoms with van der Waals surface area (Å²) in [5.74, 6) is -3.49. The zero-order chi connectivity index (χ0) is 26.7. The number of benzene rings is 2. The van der Waals surface area contributed by atoms with Crippen LogP contribution in [0.15, 0.2) is 58.0 Å². The van der Waals surface area contributed by atoms with E-state index in [1.807, 2.05) is 25.1 Å². The molecule has 5 aromatic rings. The van der Waals surface area contributed by atoms with Crippen molar-refractivity contribution in [2.45, 2.75) is 13.1 Å². The lowest BCUT2D eigenvalue weighted by Crippen LogP contribution is -2.21. The number of aromatic amines is 2. The molecule has 0 atom stereocenters. The molecule has 0 aliphatic carbocycles. The number of anilines is 4. The van der Waals surface area contributed by atoms with Crippen molar-refractivity contribution in [3.63, 3.8) is 0 Å². The summed E-state index contributed by atoms with van der Waals surface area (Å²) < 4.78 is 51.5. The standard InChI is InChI=1S/C20H16FN7O2.C2HF3O2/c1-2-28(16-5-3-4-14-12(16)9-23-27-14)18-13(21)10-22-19(26-18)24-11-6-7-15-17(8-11)30-20(29)25-15;3-2(4,5)1(6)7/h3-10H,2H2,1H3,(H,23,27)(H,25,29)(H,22,24,26);(H,6,7). The van der Waals surface area contributed by atoms with E-state index in [-0.39, 0.29) is 11.8 Å². The molecule has 0 bridgehead atoms. The molecule has 0 amide bonds. The first kappa shape index (κ1) is 25.2. The van der Waals surface area contributed by atoms with Gasteiger partial charge in [-0.3, -0.25) is 10.1 Å². The lowest BCUT2D eigenvalue weighted by molar-refractivity contribution is -0.192. The minimum atomic E-state index is -5.08. The van der Waals surface area contributed by atoms with Crippen molar-refractivity contribution >= 4 is 51.1 Å². The van der Waals surface area contributed by atoms with Crippen LogP contribution < -0.4 is 16.0 Å². The van der Waals surface area contributed by atoms with Crippen molar-refractivity contribution in [2.75, 3.05) is 16.8 Å². The molecule has 0 unspecified atom stereocenters. The first-order chi connectivity index (χ1) is 17.6. The molecule has 37 heavy (non-hydrogen) atoms. The quantitative estimate of drug-likeness (QED) is 0.247. The zero-order valence-corrected chi connectivity index (χ0v) is 18.8. The molecule has 0 fully saturated rings. The maximum Gasteiger partial charge on any atom is 0.490 e. The van der Waals surface area contributed by atoms with Crippen LogP contribution in [-0.4, -0.2) is 48.9 Å². The summed E-state index contributed by atoms with van der Waals surface area (Å²) in [4.78, 5) is 33.0. The number of carboxylic acids is 1. The first-order valence-corrected chi connectivity index (χ1v) is 10.5. The zero-order valence-electron chi connectivity index (χ0n) is 18.8. The van der Waals surface area contributed by atoms with E-state index in [1.54, 1.807) is 29.3 Å². The number of nitrogens with zero attached hydrogens (tertiary/aromatic N) is 4. The molecule has 192 valence electrons. The highest BCUT2D eigenvalue weighted by Gasteiger charge is 2.38. The molecule has 11 nitrogen and oxygen atoms in total. The number of carboxylic acid groups (broad SMARTS) is 1. The molecule has 0 spiro atoms. The van der Waals surface area contributed by atoms with Gasteiger partial charge in [0, 0.05) is 23.7 Å². The minimum Gasteiger partial charge on any atom is -0.475 e. The number of carbonyl (C=O) groups is 1. The molecule has 2 aromatic carbocycles. The minimum absolute atomic E-state index is 0.137. The van der Waals surface area contributed by atoms with Gasteiger partial charge in [0.1, 0.15) is 0 Å². The van der Waals surface area contributed by atoms with Crippen molar-refractivity contribution < 1.29 is 31.9 Å². The number of hydrogen-bond donors (Lipinski definition) is 4. The van der Waals surface area contributed by atoms with Crippen molar-refractivity contribution in [1.82, 2.24) is 25.1 Å². The van der Waals surface area contributed by atoms with Crippen molar-refractivity contribution in [1.29, 1.82) is 0 Å². The predicted molar refractivity (Wildman–Crippen MR) is 125 cm³/mol. The summed E-state index contributed by atoms with van der Waals surface area (Å²) in [6.45, 7) is 2.40. The van der Waals surface area contributed by atoms with Gasteiger partial charge in [0.25, 0.3) is 0 Å². The number of hydrogen-bond acceptors (Lipinski definition) is 8. The maximum atomic E-state index is 14.7. The highest BCUT2D eigenvalue weighted by molar-refractivity contribution is 5.93. The van der Waals surface area contributed by atoms with E-state index >= 15 is 0 Å². The largest absolute Gasteiger partial charge is 0.490 e. The van der Waals surface area contributed by atoms with Crippen molar-refractivity contribution in [3.8, 4) is 0 Å². The summed E-state index contributed by atoms with van der Waals surface area (Å²) in [7, 11) is 0. The lowest BCUT2D eigenvalue weighted by atomic mass is 10.2. The number of aliphatic carboxylic acids is 1. The lowest BCUT2D eigenvalue weighted by Gasteiger charge is -2.23. The van der Waals surface area contributed by atoms with E-state index in [4.69, 9.17) is 14.3 Å². The second-order valence-electron chi connectivity index (χ2n) is 7.37. The Morgan fingerprint density at radius 1 is 1.19 bits per heavy atom. The molecule has 0 radical (unpaired) electrons. The van der Waals surface area contributed by atoms with Crippen LogP contribution in [0.1, 0.15) is 6.92 Å². The van der Waals surface area contributed by atoms with Gasteiger partial charge in [-0.05, 0) is 31.2 Å². The van der Waals surface area contributed by atoms with Gasteiger partial charge >= 0.3 is 17.9 Å². The molecule has 3 heterocycles. The summed E-state index contributed by atoms with van der Waals surface area (Å²) in [6, 6.07) is 10.7. The molecule has 4 N–H and O–H groups in total. The van der Waals surface area contributed by atoms with Crippen molar-refractivity contribution in [2.24, 2.45) is 0 Å². The summed E-state index contributed by atoms with van der Waals surface area (Å²) >= 11 is 0. The Bertz CT molecular complexity index is 1630. The SMILES string of the molecule is CCN(c1nc(Nc2ccc3[nH]c(=O)oc3c2)ncc1F)c1cccc2[nH]ncc12.O=C(O)C(F)(F)F. The molecular formula is C22H17F4N7O4. The number of alkyl halides is 3. The van der Waals surface area contributed by atoms with Gasteiger partial charge in [-0.2, -0.15) is 23.3 Å². The summed E-state index contributed by atoms with van der Waals surface area (Å²) in [5.41, 5.74) is 3.21. The fourth-order valence-corrected chi connectivity index (χ4v) is 3.38. The Kier molecular flexibility index (Phi) is 6.77. The van der Waals surface area contributed by atoms with Crippen molar-refractivity contribution in [3.05, 3.63) is 65.2 Å². The number of nitrogens with one attached hydrogen (secondary N) is 3. The third-order valence-corrected chi connectivity index (χ3v) is 4.97. The molecule has 5 rings (SSSR count). The number of rotatable bonds is 5. The second kappa shape index (κ2) is 9.96. The second-order valence-corrected chi connectivity index (χ2v) is 7.37. The average Bonchev–Trinajstić information content (AvgIpc) is 3.47. The van der Waals surface area contributed by atoms with Gasteiger partial charge < -0.3 is 19.7 Å². The molecule has 15 heteroatoms. The Morgan fingerprint density at radius 3 is 2.65 bits per heavy atom. The maximum absolute atomic E-state index is 14.7. The number of oxazole rings is 1. The van der Waals surface area contributed by atoms with Crippen LogP contribution in [0.2, 0.25) is 0 Å². The van der Waals surface area contributed by atoms with Gasteiger partial charge in [-0.25, -0.2) is 19.0 Å². The third kappa shape index (κ3) is 5.50. The van der Waals surface area contributed by atoms with Crippen LogP contribution >= 0.6 is 0 Å². The van der Waals surface area contributed by atoms with Crippen LogP contribution in [0.3, 0.4) is 0 Å². The van der Waals surface area contributed by atoms with E-state index in [9.17, 15) is 22.4 Å². The van der Waals surface area contributed by atoms with Crippen LogP contribution in [-0.2, 0) is 4.79 Å². The molecular weight excluding hydrogens is 502 g/mol. The first-order valence-electron chi connectivity index (χ1n) is 10.5. The Morgan fingerprint density at radius 2 is 1.95 bits per heavy atom. The average molecular weight is 519 g/mol. The Labute approximate surface area is 203 Å². The molecule has 0 aliphatic rings. The van der Waals surface area contributed by atoms with Crippen LogP contribution in [0.5, 0.6) is 0 Å². The van der Waals surface area contributed by atoms with E-state index in [0.29, 0.717) is 23.3 Å². The molecule has 0 saturated carbocycles. The van der Waals surface area contributed by atoms with E-state index < -0.39 is 23.7 Å². The highest BCUT2D eigenvalue weighted by Crippen LogP contribution is 2.32. The molecule has 3 aromatic heterocycles. The smallest absolute Gasteiger partial charge is 0.475 e. The van der Waals surface area contributed by atoms with Gasteiger partial charge in [0.15, 0.2) is 17.2 Å². The van der Waals surface area contributed by atoms with Crippen LogP contribution in [0.25, 0.3) is 22.0 Å². The normalized spacial score (nSPS) is 11.3. The Hall–Kier alpha value is -4.95. The van der Waals surface area contributed by atoms with Gasteiger partial charge in [0.2, 0.25) is 5.95 Å². The number of halogens is 4. The van der Waals surface area contributed by atoms with E-state index in [1.165, 1.54) is 0 Å². The highest BCUT2D eigenvalue weighted by atomic mass is 19.4. The fraction of sp³-hybridized carbons (Fsp3) is 0.136. The van der Waals surface area contributed by atoms with Gasteiger partial charge in [-0.1, -0.05) is 6.07 Å². The summed E-state index contributed by atoms with van der Waals surface area (Å²) in [5, 5.41) is 18.0. The molecule has 0 aliphatic heterocycles. The topological polar surface area (TPSA) is 153 Å². The fourth-order valence-electron chi connectivity index (χ4n) is 3.38. The van der Waals surface area contributed by atoms with Crippen LogP contribution in [0.4, 0.5) is 40.7 Å². The van der Waals surface area contributed by atoms with E-state index in [2.05, 4.69) is 30.5 Å². The molecule has 0 saturated heterocycles.